The normalized spacial score (nSPS) is 13.2. The van der Waals surface area contributed by atoms with Crippen LogP contribution in [-0.4, -0.2) is 14.8 Å². The van der Waals surface area contributed by atoms with E-state index in [9.17, 15) is 0 Å². The first-order chi connectivity index (χ1) is 14.4. The molecule has 2 heteroatoms. The molecule has 29 heavy (non-hydrogen) atoms. The lowest BCUT2D eigenvalue weighted by atomic mass is 10.1. The third-order valence-electron chi connectivity index (χ3n) is 5.79. The summed E-state index contributed by atoms with van der Waals surface area (Å²) in [5.74, 6) is 0. The third-order valence-corrected chi connectivity index (χ3v) is 10.5. The molecule has 0 saturated carbocycles. The quantitative estimate of drug-likeness (QED) is 0.374. The van der Waals surface area contributed by atoms with E-state index >= 15 is 0 Å². The van der Waals surface area contributed by atoms with Crippen molar-refractivity contribution >= 4 is 35.6 Å². The summed E-state index contributed by atoms with van der Waals surface area (Å²) in [6, 6.07) is 42.0. The van der Waals surface area contributed by atoms with Crippen LogP contribution in [0, 0.1) is 0 Å². The van der Waals surface area contributed by atoms with Crippen LogP contribution in [0.2, 0.25) is 0 Å². The molecule has 140 valence electrons. The predicted octanol–water partition coefficient (Wildman–Crippen LogP) is 4.19. The van der Waals surface area contributed by atoms with Gasteiger partial charge in [0.05, 0.1) is 0 Å². The second-order valence-electron chi connectivity index (χ2n) is 7.38. The second-order valence-corrected chi connectivity index (χ2v) is 11.1. The average Bonchev–Trinajstić information content (AvgIpc) is 2.82. The van der Waals surface area contributed by atoms with E-state index in [-0.39, 0.29) is 0 Å². The van der Waals surface area contributed by atoms with Crippen molar-refractivity contribution < 1.29 is 0 Å². The Morgan fingerprint density at radius 1 is 0.517 bits per heavy atom. The molecule has 0 spiro atoms. The Kier molecular flexibility index (Phi) is 4.63. The summed E-state index contributed by atoms with van der Waals surface area (Å²) < 4.78 is 2.68. The van der Waals surface area contributed by atoms with E-state index in [1.54, 1.807) is 0 Å². The van der Waals surface area contributed by atoms with Gasteiger partial charge in [0.1, 0.15) is 0 Å². The molecule has 0 saturated heterocycles. The fourth-order valence-corrected chi connectivity index (χ4v) is 9.48. The molecule has 0 aliphatic carbocycles. The monoisotopic (exact) mass is 389 g/mol. The predicted molar refractivity (Wildman–Crippen MR) is 127 cm³/mol. The topological polar surface area (TPSA) is 3.24 Å². The summed E-state index contributed by atoms with van der Waals surface area (Å²) in [7, 11) is -2.49. The molecule has 4 aromatic rings. The highest BCUT2D eigenvalue weighted by molar-refractivity contribution is 7.13. The molecule has 1 nitrogen and oxygen atoms in total. The number of anilines is 1. The van der Waals surface area contributed by atoms with Crippen LogP contribution in [0.25, 0.3) is 6.08 Å². The molecule has 0 unspecified atom stereocenters. The molecule has 0 aromatic heterocycles. The van der Waals surface area contributed by atoms with Gasteiger partial charge in [-0.1, -0.05) is 121 Å². The first kappa shape index (κ1) is 17.7. The van der Waals surface area contributed by atoms with Gasteiger partial charge >= 0.3 is 0 Å². The van der Waals surface area contributed by atoms with Gasteiger partial charge in [0.15, 0.2) is 0 Å². The lowest BCUT2D eigenvalue weighted by Crippen LogP contribution is -2.78. The van der Waals surface area contributed by atoms with Crippen molar-refractivity contribution in [1.29, 1.82) is 0 Å². The van der Waals surface area contributed by atoms with Crippen molar-refractivity contribution in [1.82, 2.24) is 0 Å². The number of benzene rings is 4. The van der Waals surface area contributed by atoms with Crippen LogP contribution in [0.3, 0.4) is 0 Å². The van der Waals surface area contributed by atoms with E-state index in [1.165, 1.54) is 26.8 Å². The van der Waals surface area contributed by atoms with Gasteiger partial charge in [0.25, 0.3) is 8.24 Å². The van der Waals surface area contributed by atoms with Crippen molar-refractivity contribution in [3.05, 3.63) is 127 Å². The minimum absolute atomic E-state index is 0.905. The maximum Gasteiger partial charge on any atom is 0.253 e. The zero-order chi connectivity index (χ0) is 19.5. The van der Waals surface area contributed by atoms with Crippen LogP contribution in [-0.2, 0) is 0 Å². The molecular weight excluding hydrogens is 366 g/mol. The van der Waals surface area contributed by atoms with Gasteiger partial charge in [0, 0.05) is 12.2 Å². The number of nitrogens with zero attached hydrogens (tertiary/aromatic N) is 1. The SMILES string of the molecule is C1=Cc2ccccc2N([Si](c2ccccc2)(c2ccccc2)c2ccccc2)C1. The van der Waals surface area contributed by atoms with Crippen molar-refractivity contribution in [2.75, 3.05) is 11.1 Å². The van der Waals surface area contributed by atoms with Crippen LogP contribution >= 0.6 is 0 Å². The molecular formula is C27H23NSi. The van der Waals surface area contributed by atoms with Crippen LogP contribution in [0.15, 0.2) is 121 Å². The molecule has 0 fully saturated rings. The minimum atomic E-state index is -2.49. The van der Waals surface area contributed by atoms with E-state index in [1.807, 2.05) is 0 Å². The fraction of sp³-hybridized carbons (Fsp3) is 0.0370. The van der Waals surface area contributed by atoms with E-state index in [4.69, 9.17) is 0 Å². The molecule has 0 amide bonds. The zero-order valence-corrected chi connectivity index (χ0v) is 17.3. The highest BCUT2D eigenvalue weighted by atomic mass is 28.3. The molecule has 1 heterocycles. The second kappa shape index (κ2) is 7.57. The van der Waals surface area contributed by atoms with Gasteiger partial charge in [0.2, 0.25) is 0 Å². The Morgan fingerprint density at radius 2 is 0.966 bits per heavy atom. The largest absolute Gasteiger partial charge is 0.383 e. The summed E-state index contributed by atoms with van der Waals surface area (Å²) in [6.07, 6.45) is 4.56. The Hall–Kier alpha value is -3.36. The van der Waals surface area contributed by atoms with Crippen LogP contribution in [0.1, 0.15) is 5.56 Å². The summed E-state index contributed by atoms with van der Waals surface area (Å²) >= 11 is 0. The number of fused-ring (bicyclic) bond motifs is 1. The van der Waals surface area contributed by atoms with Crippen LogP contribution in [0.4, 0.5) is 5.69 Å². The molecule has 1 aliphatic rings. The van der Waals surface area contributed by atoms with Gasteiger partial charge in [-0.25, -0.2) is 0 Å². The Balaban J connectivity index is 1.88. The van der Waals surface area contributed by atoms with Gasteiger partial charge in [-0.05, 0) is 27.2 Å². The lowest BCUT2D eigenvalue weighted by Gasteiger charge is -2.46. The van der Waals surface area contributed by atoms with Gasteiger partial charge in [-0.2, -0.15) is 0 Å². The average molecular weight is 390 g/mol. The number of para-hydroxylation sites is 1. The first-order valence-corrected chi connectivity index (χ1v) is 12.1. The highest BCUT2D eigenvalue weighted by Gasteiger charge is 2.46. The third kappa shape index (κ3) is 2.93. The molecule has 5 rings (SSSR count). The standard InChI is InChI=1S/C27H23NSi/c1-4-15-24(16-5-1)29(25-17-6-2-7-18-25,26-19-8-3-9-20-26)28-22-12-14-23-13-10-11-21-27(23)28/h1-21H,22H2. The smallest absolute Gasteiger partial charge is 0.253 e. The number of hydrogen-bond acceptors (Lipinski definition) is 1. The highest BCUT2D eigenvalue weighted by Crippen LogP contribution is 2.30. The maximum atomic E-state index is 2.68. The van der Waals surface area contributed by atoms with E-state index < -0.39 is 8.24 Å². The van der Waals surface area contributed by atoms with Crippen molar-refractivity contribution in [3.63, 3.8) is 0 Å². The summed E-state index contributed by atoms with van der Waals surface area (Å²) in [5, 5.41) is 4.22. The molecule has 0 radical (unpaired) electrons. The minimum Gasteiger partial charge on any atom is -0.383 e. The molecule has 1 aliphatic heterocycles. The van der Waals surface area contributed by atoms with E-state index in [2.05, 4.69) is 132 Å². The first-order valence-electron chi connectivity index (χ1n) is 10.1. The Labute approximate surface area is 173 Å². The summed E-state index contributed by atoms with van der Waals surface area (Å²) in [5.41, 5.74) is 2.61. The lowest BCUT2D eigenvalue weighted by molar-refractivity contribution is 1.14. The van der Waals surface area contributed by atoms with Crippen molar-refractivity contribution in [2.45, 2.75) is 0 Å². The van der Waals surface area contributed by atoms with E-state index in [0.29, 0.717) is 0 Å². The number of hydrogen-bond donors (Lipinski definition) is 0. The maximum absolute atomic E-state index is 2.68. The molecule has 0 bridgehead atoms. The molecule has 0 atom stereocenters. The zero-order valence-electron chi connectivity index (χ0n) is 16.3. The Morgan fingerprint density at radius 3 is 1.48 bits per heavy atom. The van der Waals surface area contributed by atoms with Gasteiger partial charge in [-0.3, -0.25) is 0 Å². The van der Waals surface area contributed by atoms with E-state index in [0.717, 1.165) is 6.54 Å². The fourth-order valence-electron chi connectivity index (χ4n) is 4.58. The number of rotatable bonds is 4. The van der Waals surface area contributed by atoms with Crippen LogP contribution in [0.5, 0.6) is 0 Å². The molecule has 0 N–H and O–H groups in total. The van der Waals surface area contributed by atoms with Crippen molar-refractivity contribution in [3.8, 4) is 0 Å². The van der Waals surface area contributed by atoms with Crippen molar-refractivity contribution in [2.24, 2.45) is 0 Å². The summed E-state index contributed by atoms with van der Waals surface area (Å²) in [4.78, 5) is 0. The van der Waals surface area contributed by atoms with Crippen LogP contribution < -0.4 is 20.1 Å². The van der Waals surface area contributed by atoms with Gasteiger partial charge in [-0.15, -0.1) is 0 Å². The summed E-state index contributed by atoms with van der Waals surface area (Å²) in [6.45, 7) is 0.905. The molecule has 4 aromatic carbocycles. The Bertz CT molecular complexity index is 1020. The van der Waals surface area contributed by atoms with Gasteiger partial charge < -0.3 is 4.57 Å².